The second-order valence-electron chi connectivity index (χ2n) is 4.72. The molecule has 0 aromatic heterocycles. The number of nitrogens with two attached hydrogens (primary N) is 1. The molecule has 1 aliphatic rings. The minimum Gasteiger partial charge on any atom is -0.508 e. The van der Waals surface area contributed by atoms with Gasteiger partial charge in [-0.3, -0.25) is 0 Å². The zero-order valence-corrected chi connectivity index (χ0v) is 9.25. The van der Waals surface area contributed by atoms with Crippen molar-refractivity contribution in [2.24, 2.45) is 5.73 Å². The van der Waals surface area contributed by atoms with E-state index in [0.717, 1.165) is 12.8 Å². The second kappa shape index (κ2) is 3.38. The number of rotatable bonds is 1. The number of allylic oxidation sites excluding steroid dienone is 1. The van der Waals surface area contributed by atoms with Crippen LogP contribution in [0.25, 0.3) is 5.57 Å². The van der Waals surface area contributed by atoms with Gasteiger partial charge in [0.05, 0.1) is 0 Å². The third kappa shape index (κ3) is 1.90. The van der Waals surface area contributed by atoms with Crippen LogP contribution < -0.4 is 5.73 Å². The van der Waals surface area contributed by atoms with Gasteiger partial charge in [-0.25, -0.2) is 0 Å². The van der Waals surface area contributed by atoms with E-state index in [-0.39, 0.29) is 5.54 Å². The summed E-state index contributed by atoms with van der Waals surface area (Å²) < 4.78 is 0. The summed E-state index contributed by atoms with van der Waals surface area (Å²) in [5.74, 6) is 0.338. The fourth-order valence-corrected chi connectivity index (χ4v) is 2.14. The summed E-state index contributed by atoms with van der Waals surface area (Å²) in [7, 11) is 0. The van der Waals surface area contributed by atoms with Crippen molar-refractivity contribution in [2.45, 2.75) is 32.2 Å². The average Bonchev–Trinajstić information content (AvgIpc) is 2.15. The van der Waals surface area contributed by atoms with E-state index in [4.69, 9.17) is 5.73 Å². The van der Waals surface area contributed by atoms with E-state index >= 15 is 0 Å². The van der Waals surface area contributed by atoms with E-state index in [0.29, 0.717) is 5.75 Å². The molecule has 1 aliphatic carbocycles. The normalized spacial score (nSPS) is 15.8. The first-order valence-corrected chi connectivity index (χ1v) is 5.30. The van der Waals surface area contributed by atoms with Crippen LogP contribution in [0.1, 0.15) is 31.4 Å². The Morgan fingerprint density at radius 2 is 2.07 bits per heavy atom. The molecule has 2 nitrogen and oxygen atoms in total. The summed E-state index contributed by atoms with van der Waals surface area (Å²) in [6.07, 6.45) is 4.20. The number of hydrogen-bond acceptors (Lipinski definition) is 2. The van der Waals surface area contributed by atoms with Crippen LogP contribution in [0, 0.1) is 0 Å². The maximum absolute atomic E-state index is 9.43. The summed E-state index contributed by atoms with van der Waals surface area (Å²) in [6, 6.07) is 5.53. The lowest BCUT2D eigenvalue weighted by Gasteiger charge is -2.28. The Hall–Kier alpha value is -1.28. The molecule has 0 atom stereocenters. The standard InChI is InChI=1S/C13H17NO/c1-13(2,14)12-5-3-4-9-8-10(15)6-7-11(9)12/h5-8,15H,3-4,14H2,1-2H3. The van der Waals surface area contributed by atoms with Crippen molar-refractivity contribution in [1.82, 2.24) is 0 Å². The highest BCUT2D eigenvalue weighted by Crippen LogP contribution is 2.34. The number of phenols is 1. The van der Waals surface area contributed by atoms with Crippen molar-refractivity contribution in [1.29, 1.82) is 0 Å². The quantitative estimate of drug-likeness (QED) is 0.736. The lowest BCUT2D eigenvalue weighted by atomic mass is 9.81. The molecular formula is C13H17NO. The van der Waals surface area contributed by atoms with E-state index in [9.17, 15) is 5.11 Å². The summed E-state index contributed by atoms with van der Waals surface area (Å²) in [4.78, 5) is 0. The lowest BCUT2D eigenvalue weighted by Crippen LogP contribution is -2.34. The molecular weight excluding hydrogens is 186 g/mol. The van der Waals surface area contributed by atoms with E-state index in [1.165, 1.54) is 16.7 Å². The topological polar surface area (TPSA) is 46.2 Å². The number of aryl methyl sites for hydroxylation is 1. The maximum atomic E-state index is 9.43. The van der Waals surface area contributed by atoms with Crippen LogP contribution in [0.3, 0.4) is 0 Å². The predicted molar refractivity (Wildman–Crippen MR) is 62.7 cm³/mol. The van der Waals surface area contributed by atoms with Crippen LogP contribution in [0.5, 0.6) is 5.75 Å². The molecule has 0 aliphatic heterocycles. The average molecular weight is 203 g/mol. The molecule has 0 fully saturated rings. The molecule has 2 heteroatoms. The Bertz CT molecular complexity index is 413. The molecule has 0 saturated heterocycles. The van der Waals surface area contributed by atoms with E-state index < -0.39 is 0 Å². The second-order valence-corrected chi connectivity index (χ2v) is 4.72. The van der Waals surface area contributed by atoms with Gasteiger partial charge in [-0.2, -0.15) is 0 Å². The van der Waals surface area contributed by atoms with Crippen LogP contribution in [0.4, 0.5) is 0 Å². The number of aromatic hydroxyl groups is 1. The van der Waals surface area contributed by atoms with E-state index in [1.54, 1.807) is 6.07 Å². The molecule has 80 valence electrons. The molecule has 3 N–H and O–H groups in total. The molecule has 15 heavy (non-hydrogen) atoms. The molecule has 2 rings (SSSR count). The number of benzene rings is 1. The first-order valence-electron chi connectivity index (χ1n) is 5.30. The van der Waals surface area contributed by atoms with Gasteiger partial charge in [-0.15, -0.1) is 0 Å². The fraction of sp³-hybridized carbons (Fsp3) is 0.385. The van der Waals surface area contributed by atoms with E-state index in [2.05, 4.69) is 6.08 Å². The van der Waals surface area contributed by atoms with Crippen molar-refractivity contribution in [3.63, 3.8) is 0 Å². The third-order valence-corrected chi connectivity index (χ3v) is 2.84. The smallest absolute Gasteiger partial charge is 0.115 e. The van der Waals surface area contributed by atoms with Gasteiger partial charge in [0.25, 0.3) is 0 Å². The van der Waals surface area contributed by atoms with Gasteiger partial charge >= 0.3 is 0 Å². The first kappa shape index (κ1) is 10.2. The molecule has 0 unspecified atom stereocenters. The van der Waals surface area contributed by atoms with Crippen LogP contribution in [0.15, 0.2) is 24.3 Å². The monoisotopic (exact) mass is 203 g/mol. The third-order valence-electron chi connectivity index (χ3n) is 2.84. The lowest BCUT2D eigenvalue weighted by molar-refractivity contribution is 0.474. The van der Waals surface area contributed by atoms with Crippen molar-refractivity contribution in [3.05, 3.63) is 35.4 Å². The minimum atomic E-state index is -0.313. The SMILES string of the molecule is CC(C)(N)C1=CCCc2cc(O)ccc21. The Labute approximate surface area is 90.4 Å². The van der Waals surface area contributed by atoms with E-state index in [1.807, 2.05) is 26.0 Å². The Morgan fingerprint density at radius 3 is 2.73 bits per heavy atom. The summed E-state index contributed by atoms with van der Waals surface area (Å²) >= 11 is 0. The molecule has 0 amide bonds. The predicted octanol–water partition coefficient (Wildman–Crippen LogP) is 2.46. The molecule has 0 heterocycles. The number of hydrogen-bond donors (Lipinski definition) is 2. The Morgan fingerprint density at radius 1 is 1.33 bits per heavy atom. The zero-order chi connectivity index (χ0) is 11.1. The first-order chi connectivity index (χ1) is 6.98. The molecule has 1 aromatic rings. The zero-order valence-electron chi connectivity index (χ0n) is 9.25. The van der Waals surface area contributed by atoms with Crippen LogP contribution in [0.2, 0.25) is 0 Å². The maximum Gasteiger partial charge on any atom is 0.115 e. The molecule has 0 bridgehead atoms. The van der Waals surface area contributed by atoms with Gasteiger partial charge in [0, 0.05) is 5.54 Å². The van der Waals surface area contributed by atoms with Crippen LogP contribution >= 0.6 is 0 Å². The highest BCUT2D eigenvalue weighted by Gasteiger charge is 2.23. The summed E-state index contributed by atoms with van der Waals surface area (Å²) in [5.41, 5.74) is 9.39. The van der Waals surface area contributed by atoms with Gasteiger partial charge in [0.2, 0.25) is 0 Å². The highest BCUT2D eigenvalue weighted by molar-refractivity contribution is 5.76. The van der Waals surface area contributed by atoms with Crippen molar-refractivity contribution >= 4 is 5.57 Å². The van der Waals surface area contributed by atoms with Crippen molar-refractivity contribution < 1.29 is 5.11 Å². The summed E-state index contributed by atoms with van der Waals surface area (Å²) in [6.45, 7) is 4.03. The van der Waals surface area contributed by atoms with Gasteiger partial charge in [0.15, 0.2) is 0 Å². The molecule has 1 aromatic carbocycles. The van der Waals surface area contributed by atoms with Crippen LogP contribution in [-0.2, 0) is 6.42 Å². The van der Waals surface area contributed by atoms with Gasteiger partial charge in [-0.05, 0) is 55.5 Å². The number of phenolic OH excluding ortho intramolecular Hbond substituents is 1. The van der Waals surface area contributed by atoms with Crippen molar-refractivity contribution in [3.8, 4) is 5.75 Å². The molecule has 0 spiro atoms. The summed E-state index contributed by atoms with van der Waals surface area (Å²) in [5, 5.41) is 9.43. The molecule has 0 saturated carbocycles. The van der Waals surface area contributed by atoms with Gasteiger partial charge in [0.1, 0.15) is 5.75 Å². The Kier molecular flexibility index (Phi) is 2.31. The Balaban J connectivity index is 2.52. The van der Waals surface area contributed by atoms with Crippen molar-refractivity contribution in [2.75, 3.05) is 0 Å². The fourth-order valence-electron chi connectivity index (χ4n) is 2.14. The minimum absolute atomic E-state index is 0.313. The largest absolute Gasteiger partial charge is 0.508 e. The molecule has 0 radical (unpaired) electrons. The van der Waals surface area contributed by atoms with Gasteiger partial charge in [-0.1, -0.05) is 12.1 Å². The van der Waals surface area contributed by atoms with Gasteiger partial charge < -0.3 is 10.8 Å². The van der Waals surface area contributed by atoms with Crippen LogP contribution in [-0.4, -0.2) is 10.6 Å². The highest BCUT2D eigenvalue weighted by atomic mass is 16.3. The number of fused-ring (bicyclic) bond motifs is 1.